The van der Waals surface area contributed by atoms with Gasteiger partial charge in [0.1, 0.15) is 12.1 Å². The van der Waals surface area contributed by atoms with Crippen molar-refractivity contribution in [3.63, 3.8) is 0 Å². The van der Waals surface area contributed by atoms with Crippen LogP contribution in [0.2, 0.25) is 0 Å². The molecule has 2 heterocycles. The van der Waals surface area contributed by atoms with E-state index in [0.29, 0.717) is 5.82 Å². The summed E-state index contributed by atoms with van der Waals surface area (Å²) in [6, 6.07) is 0. The van der Waals surface area contributed by atoms with Gasteiger partial charge in [0.2, 0.25) is 0 Å². The highest BCUT2D eigenvalue weighted by Gasteiger charge is 2.44. The Bertz CT molecular complexity index is 661. The van der Waals surface area contributed by atoms with E-state index in [1.807, 2.05) is 26.2 Å². The molecule has 0 unspecified atom stereocenters. The zero-order valence-corrected chi connectivity index (χ0v) is 13.1. The van der Waals surface area contributed by atoms with Crippen molar-refractivity contribution in [1.82, 2.24) is 9.97 Å². The first-order valence-corrected chi connectivity index (χ1v) is 7.25. The maximum absolute atomic E-state index is 11.5. The molecule has 108 valence electrons. The van der Waals surface area contributed by atoms with Gasteiger partial charge in [0.25, 0.3) is 0 Å². The SMILES string of the molecule is Cc1csc2c(NC(C)(C)C(C)(C)C(=O)O)ncnc12. The number of aromatic nitrogens is 2. The number of nitrogens with zero attached hydrogens (tertiary/aromatic N) is 2. The predicted molar refractivity (Wildman–Crippen MR) is 81.3 cm³/mol. The lowest BCUT2D eigenvalue weighted by Crippen LogP contribution is -2.50. The Morgan fingerprint density at radius 3 is 2.55 bits per heavy atom. The maximum Gasteiger partial charge on any atom is 0.311 e. The largest absolute Gasteiger partial charge is 0.481 e. The molecule has 0 saturated carbocycles. The minimum atomic E-state index is -0.934. The number of aliphatic carboxylic acids is 1. The molecule has 2 aromatic rings. The van der Waals surface area contributed by atoms with Crippen LogP contribution in [0.25, 0.3) is 10.2 Å². The van der Waals surface area contributed by atoms with E-state index in [1.165, 1.54) is 6.33 Å². The standard InChI is InChI=1S/C14H19N3O2S/c1-8-6-20-10-9(8)15-7-16-11(10)17-14(4,5)13(2,3)12(18)19/h6-7H,1-5H3,(H,18,19)(H,15,16,17). The van der Waals surface area contributed by atoms with Crippen molar-refractivity contribution >= 4 is 33.3 Å². The van der Waals surface area contributed by atoms with E-state index < -0.39 is 16.9 Å². The molecular formula is C14H19N3O2S. The lowest BCUT2D eigenvalue weighted by atomic mass is 9.74. The van der Waals surface area contributed by atoms with Crippen LogP contribution >= 0.6 is 11.3 Å². The van der Waals surface area contributed by atoms with E-state index in [9.17, 15) is 9.90 Å². The molecule has 2 N–H and O–H groups in total. The molecule has 0 spiro atoms. The third kappa shape index (κ3) is 2.24. The number of rotatable bonds is 4. The van der Waals surface area contributed by atoms with Crippen LogP contribution in [0, 0.1) is 12.3 Å². The normalized spacial score (nSPS) is 12.7. The molecule has 0 fully saturated rings. The molecule has 0 amide bonds. The van der Waals surface area contributed by atoms with E-state index >= 15 is 0 Å². The van der Waals surface area contributed by atoms with Gasteiger partial charge < -0.3 is 10.4 Å². The first kappa shape index (κ1) is 14.7. The second-order valence-electron chi connectivity index (χ2n) is 6.00. The summed E-state index contributed by atoms with van der Waals surface area (Å²) in [5.41, 5.74) is 0.427. The van der Waals surface area contributed by atoms with Gasteiger partial charge in [-0.15, -0.1) is 11.3 Å². The fourth-order valence-corrected chi connectivity index (χ4v) is 2.72. The molecule has 2 aromatic heterocycles. The number of fused-ring (bicyclic) bond motifs is 1. The van der Waals surface area contributed by atoms with Gasteiger partial charge in [0.05, 0.1) is 15.6 Å². The average Bonchev–Trinajstić information content (AvgIpc) is 2.72. The number of thiophene rings is 1. The van der Waals surface area contributed by atoms with Gasteiger partial charge in [-0.25, -0.2) is 9.97 Å². The summed E-state index contributed by atoms with van der Waals surface area (Å²) in [6.07, 6.45) is 1.51. The van der Waals surface area contributed by atoms with Crippen LogP contribution in [-0.4, -0.2) is 26.6 Å². The van der Waals surface area contributed by atoms with Crippen molar-refractivity contribution in [2.24, 2.45) is 5.41 Å². The second-order valence-corrected chi connectivity index (χ2v) is 6.88. The van der Waals surface area contributed by atoms with Crippen molar-refractivity contribution in [2.45, 2.75) is 40.2 Å². The highest BCUT2D eigenvalue weighted by molar-refractivity contribution is 7.18. The molecule has 0 aliphatic rings. The zero-order chi connectivity index (χ0) is 15.1. The Labute approximate surface area is 122 Å². The van der Waals surface area contributed by atoms with Crippen LogP contribution in [0.4, 0.5) is 5.82 Å². The third-order valence-corrected chi connectivity index (χ3v) is 5.15. The molecule has 0 saturated heterocycles. The van der Waals surface area contributed by atoms with Gasteiger partial charge >= 0.3 is 5.97 Å². The van der Waals surface area contributed by atoms with Gasteiger partial charge in [-0.1, -0.05) is 0 Å². The zero-order valence-electron chi connectivity index (χ0n) is 12.3. The van der Waals surface area contributed by atoms with Crippen LogP contribution in [-0.2, 0) is 4.79 Å². The quantitative estimate of drug-likeness (QED) is 0.904. The lowest BCUT2D eigenvalue weighted by molar-refractivity contribution is -0.149. The molecule has 0 aliphatic carbocycles. The minimum Gasteiger partial charge on any atom is -0.481 e. The molecule has 0 radical (unpaired) electrons. The topological polar surface area (TPSA) is 75.1 Å². The highest BCUT2D eigenvalue weighted by Crippen LogP contribution is 2.36. The predicted octanol–water partition coefficient (Wildman–Crippen LogP) is 3.30. The van der Waals surface area contributed by atoms with Gasteiger partial charge in [-0.3, -0.25) is 4.79 Å². The fraction of sp³-hybridized carbons (Fsp3) is 0.500. The molecular weight excluding hydrogens is 274 g/mol. The summed E-state index contributed by atoms with van der Waals surface area (Å²) >= 11 is 1.57. The summed E-state index contributed by atoms with van der Waals surface area (Å²) in [7, 11) is 0. The molecule has 6 heteroatoms. The monoisotopic (exact) mass is 293 g/mol. The number of hydrogen-bond acceptors (Lipinski definition) is 5. The highest BCUT2D eigenvalue weighted by atomic mass is 32.1. The van der Waals surface area contributed by atoms with Gasteiger partial charge in [-0.05, 0) is 45.6 Å². The smallest absolute Gasteiger partial charge is 0.311 e. The number of carbonyl (C=O) groups is 1. The Kier molecular flexibility index (Phi) is 3.46. The van der Waals surface area contributed by atoms with Crippen LogP contribution in [0.5, 0.6) is 0 Å². The number of nitrogens with one attached hydrogen (secondary N) is 1. The second kappa shape index (κ2) is 4.70. The van der Waals surface area contributed by atoms with E-state index in [4.69, 9.17) is 0 Å². The van der Waals surface area contributed by atoms with Crippen LogP contribution in [0.15, 0.2) is 11.7 Å². The Morgan fingerprint density at radius 1 is 1.30 bits per heavy atom. The number of hydrogen-bond donors (Lipinski definition) is 2. The van der Waals surface area contributed by atoms with Crippen molar-refractivity contribution in [2.75, 3.05) is 5.32 Å². The van der Waals surface area contributed by atoms with Crippen molar-refractivity contribution in [1.29, 1.82) is 0 Å². The molecule has 0 aliphatic heterocycles. The number of aryl methyl sites for hydroxylation is 1. The van der Waals surface area contributed by atoms with Gasteiger partial charge in [0, 0.05) is 5.54 Å². The first-order valence-electron chi connectivity index (χ1n) is 6.37. The summed E-state index contributed by atoms with van der Waals surface area (Å²) in [5, 5.41) is 14.7. The van der Waals surface area contributed by atoms with Crippen molar-refractivity contribution in [3.05, 3.63) is 17.3 Å². The average molecular weight is 293 g/mol. The molecule has 0 bridgehead atoms. The van der Waals surface area contributed by atoms with Gasteiger partial charge in [-0.2, -0.15) is 0 Å². The number of carboxylic acid groups (broad SMARTS) is 1. The molecule has 2 rings (SSSR count). The summed E-state index contributed by atoms with van der Waals surface area (Å²) in [5.74, 6) is -0.157. The maximum atomic E-state index is 11.5. The Morgan fingerprint density at radius 2 is 1.95 bits per heavy atom. The fourth-order valence-electron chi connectivity index (χ4n) is 1.78. The molecule has 0 atom stereocenters. The third-order valence-electron chi connectivity index (χ3n) is 4.06. The van der Waals surface area contributed by atoms with Crippen molar-refractivity contribution < 1.29 is 9.90 Å². The van der Waals surface area contributed by atoms with Crippen LogP contribution < -0.4 is 5.32 Å². The molecule has 20 heavy (non-hydrogen) atoms. The number of carboxylic acids is 1. The Balaban J connectivity index is 2.44. The van der Waals surface area contributed by atoms with Crippen molar-refractivity contribution in [3.8, 4) is 0 Å². The van der Waals surface area contributed by atoms with E-state index in [1.54, 1.807) is 25.2 Å². The molecule has 0 aromatic carbocycles. The number of anilines is 1. The summed E-state index contributed by atoms with van der Waals surface area (Å²) < 4.78 is 0.958. The minimum absolute atomic E-state index is 0.655. The van der Waals surface area contributed by atoms with E-state index in [0.717, 1.165) is 15.8 Å². The lowest BCUT2D eigenvalue weighted by Gasteiger charge is -2.39. The van der Waals surface area contributed by atoms with E-state index in [-0.39, 0.29) is 0 Å². The van der Waals surface area contributed by atoms with Crippen LogP contribution in [0.1, 0.15) is 33.3 Å². The van der Waals surface area contributed by atoms with Gasteiger partial charge in [0.15, 0.2) is 0 Å². The first-order chi connectivity index (χ1) is 9.17. The molecule has 5 nitrogen and oxygen atoms in total. The van der Waals surface area contributed by atoms with Crippen LogP contribution in [0.3, 0.4) is 0 Å². The summed E-state index contributed by atoms with van der Waals surface area (Å²) in [6.45, 7) is 9.16. The Hall–Kier alpha value is -1.69. The summed E-state index contributed by atoms with van der Waals surface area (Å²) in [4.78, 5) is 20.0. The van der Waals surface area contributed by atoms with E-state index in [2.05, 4.69) is 15.3 Å².